The number of anilines is 1. The molecule has 5 aromatic rings. The lowest BCUT2D eigenvalue weighted by atomic mass is 9.97. The lowest BCUT2D eigenvalue weighted by Gasteiger charge is -2.28. The summed E-state index contributed by atoms with van der Waals surface area (Å²) >= 11 is 0. The molecule has 0 N–H and O–H groups in total. The molecule has 224 valence electrons. The molecule has 1 saturated heterocycles. The second-order valence-corrected chi connectivity index (χ2v) is 11.1. The molecular weight excluding hydrogens is 579 g/mol. The van der Waals surface area contributed by atoms with Crippen LogP contribution >= 0.6 is 0 Å². The molecule has 0 aliphatic carbocycles. The predicted molar refractivity (Wildman–Crippen MR) is 154 cm³/mol. The molecule has 6 rings (SSSR count). The Morgan fingerprint density at radius 1 is 0.818 bits per heavy atom. The third-order valence-corrected chi connectivity index (χ3v) is 7.90. The number of urea groups is 1. The van der Waals surface area contributed by atoms with Crippen molar-refractivity contribution in [1.82, 2.24) is 14.5 Å². The number of alkyl halides is 3. The summed E-state index contributed by atoms with van der Waals surface area (Å²) in [4.78, 5) is 33.1. The highest BCUT2D eigenvalue weighted by molar-refractivity contribution is 6.23. The molecule has 1 fully saturated rings. The fraction of sp³-hybridized carbons (Fsp3) is 0.182. The van der Waals surface area contributed by atoms with Crippen LogP contribution in [-0.2, 0) is 23.9 Å². The molecule has 3 amide bonds. The maximum atomic E-state index is 14.4. The van der Waals surface area contributed by atoms with E-state index in [4.69, 9.17) is 0 Å². The van der Waals surface area contributed by atoms with Crippen LogP contribution < -0.4 is 4.90 Å². The Balaban J connectivity index is 1.27. The minimum Gasteiger partial charge on any atom is -0.305 e. The molecule has 2 heterocycles. The van der Waals surface area contributed by atoms with Crippen molar-refractivity contribution < 1.29 is 31.5 Å². The van der Waals surface area contributed by atoms with E-state index < -0.39 is 46.5 Å². The van der Waals surface area contributed by atoms with Crippen LogP contribution in [0.25, 0.3) is 16.7 Å². The van der Waals surface area contributed by atoms with Gasteiger partial charge >= 0.3 is 12.2 Å². The van der Waals surface area contributed by atoms with Crippen molar-refractivity contribution in [2.45, 2.75) is 38.5 Å². The summed E-state index contributed by atoms with van der Waals surface area (Å²) in [5, 5.41) is 0. The fourth-order valence-electron chi connectivity index (χ4n) is 5.44. The standard InChI is InChI=1S/C33H25F5N4O2/c1-32(2)30(43)42(25-13-14-27(35)26(17-25)33(36,37)38)31(44)41(32)18-21-9-10-23(34)16-22(21)15-20-7-11-24(12-8-20)40-19-39-28-5-3-4-6-29(28)40/h3-14,16-17,19H,15,18H2,1-2H3. The number of aromatic nitrogens is 2. The van der Waals surface area contributed by atoms with Crippen LogP contribution in [0.2, 0.25) is 0 Å². The van der Waals surface area contributed by atoms with Crippen molar-refractivity contribution in [3.63, 3.8) is 0 Å². The van der Waals surface area contributed by atoms with Gasteiger partial charge in [-0.25, -0.2) is 23.5 Å². The maximum Gasteiger partial charge on any atom is 0.419 e. The molecule has 1 aliphatic rings. The first-order valence-corrected chi connectivity index (χ1v) is 13.7. The Labute approximate surface area is 249 Å². The SMILES string of the molecule is CC1(C)C(=O)N(c2ccc(F)c(C(F)(F)F)c2)C(=O)N1Cc1ccc(F)cc1Cc1ccc(-n2cnc3ccccc32)cc1. The van der Waals surface area contributed by atoms with Crippen LogP contribution in [0.1, 0.15) is 36.1 Å². The zero-order valence-electron chi connectivity index (χ0n) is 23.6. The second-order valence-electron chi connectivity index (χ2n) is 11.1. The summed E-state index contributed by atoms with van der Waals surface area (Å²) in [6.45, 7) is 2.84. The van der Waals surface area contributed by atoms with Gasteiger partial charge in [-0.05, 0) is 91.6 Å². The first-order chi connectivity index (χ1) is 20.8. The number of rotatable bonds is 6. The molecule has 0 radical (unpaired) electrons. The number of amides is 3. The van der Waals surface area contributed by atoms with E-state index in [-0.39, 0.29) is 6.54 Å². The minimum atomic E-state index is -5.02. The summed E-state index contributed by atoms with van der Waals surface area (Å²) in [6, 6.07) is 20.6. The van der Waals surface area contributed by atoms with Gasteiger partial charge in [-0.15, -0.1) is 0 Å². The molecule has 6 nitrogen and oxygen atoms in total. The van der Waals surface area contributed by atoms with E-state index >= 15 is 0 Å². The first kappa shape index (κ1) is 29.0. The smallest absolute Gasteiger partial charge is 0.305 e. The van der Waals surface area contributed by atoms with Gasteiger partial charge in [-0.3, -0.25) is 9.36 Å². The Morgan fingerprint density at radius 3 is 2.25 bits per heavy atom. The molecule has 0 bridgehead atoms. The van der Waals surface area contributed by atoms with Gasteiger partial charge in [0.15, 0.2) is 0 Å². The number of hydrogen-bond donors (Lipinski definition) is 0. The van der Waals surface area contributed by atoms with Crippen LogP contribution in [-0.4, -0.2) is 31.9 Å². The van der Waals surface area contributed by atoms with E-state index in [0.717, 1.165) is 28.4 Å². The van der Waals surface area contributed by atoms with Crippen LogP contribution in [0.5, 0.6) is 0 Å². The molecule has 44 heavy (non-hydrogen) atoms. The minimum absolute atomic E-state index is 0.115. The van der Waals surface area contributed by atoms with Crippen LogP contribution in [0.15, 0.2) is 91.3 Å². The van der Waals surface area contributed by atoms with Gasteiger partial charge in [0.1, 0.15) is 23.5 Å². The summed E-state index contributed by atoms with van der Waals surface area (Å²) < 4.78 is 70.4. The topological polar surface area (TPSA) is 58.4 Å². The van der Waals surface area contributed by atoms with Crippen LogP contribution in [0.3, 0.4) is 0 Å². The molecule has 1 aromatic heterocycles. The van der Waals surface area contributed by atoms with Gasteiger partial charge in [-0.2, -0.15) is 13.2 Å². The predicted octanol–water partition coefficient (Wildman–Crippen LogP) is 7.66. The van der Waals surface area contributed by atoms with E-state index in [1.54, 1.807) is 6.33 Å². The van der Waals surface area contributed by atoms with Gasteiger partial charge < -0.3 is 4.90 Å². The quantitative estimate of drug-likeness (QED) is 0.148. The number of carbonyl (C=O) groups is 2. The molecule has 0 unspecified atom stereocenters. The fourth-order valence-corrected chi connectivity index (χ4v) is 5.44. The summed E-state index contributed by atoms with van der Waals surface area (Å²) in [7, 11) is 0. The monoisotopic (exact) mass is 604 g/mol. The van der Waals surface area contributed by atoms with E-state index in [1.165, 1.54) is 36.9 Å². The maximum absolute atomic E-state index is 14.4. The highest BCUT2D eigenvalue weighted by Crippen LogP contribution is 2.38. The van der Waals surface area contributed by atoms with Gasteiger partial charge in [0.25, 0.3) is 5.91 Å². The molecular formula is C33H25F5N4O2. The van der Waals surface area contributed by atoms with E-state index in [0.29, 0.717) is 34.6 Å². The summed E-state index contributed by atoms with van der Waals surface area (Å²) in [6.07, 6.45) is -2.97. The van der Waals surface area contributed by atoms with Gasteiger partial charge in [0, 0.05) is 12.2 Å². The van der Waals surface area contributed by atoms with Crippen LogP contribution in [0.4, 0.5) is 32.4 Å². The number of benzene rings is 4. The van der Waals surface area contributed by atoms with Crippen molar-refractivity contribution in [3.8, 4) is 5.69 Å². The third kappa shape index (κ3) is 5.08. The lowest BCUT2D eigenvalue weighted by Crippen LogP contribution is -2.43. The Bertz CT molecular complexity index is 1910. The molecule has 0 saturated carbocycles. The van der Waals surface area contributed by atoms with E-state index in [1.807, 2.05) is 53.1 Å². The van der Waals surface area contributed by atoms with Crippen molar-refractivity contribution in [3.05, 3.63) is 125 Å². The third-order valence-electron chi connectivity index (χ3n) is 7.90. The second kappa shape index (κ2) is 10.6. The van der Waals surface area contributed by atoms with Gasteiger partial charge in [0.05, 0.1) is 22.3 Å². The lowest BCUT2D eigenvalue weighted by molar-refractivity contribution is -0.140. The number of imide groups is 1. The van der Waals surface area contributed by atoms with E-state index in [9.17, 15) is 31.5 Å². The highest BCUT2D eigenvalue weighted by atomic mass is 19.4. The zero-order chi connectivity index (χ0) is 31.4. The summed E-state index contributed by atoms with van der Waals surface area (Å²) in [5.74, 6) is -2.77. The number of halogens is 5. The van der Waals surface area contributed by atoms with Gasteiger partial charge in [-0.1, -0.05) is 30.3 Å². The largest absolute Gasteiger partial charge is 0.419 e. The zero-order valence-corrected chi connectivity index (χ0v) is 23.6. The highest BCUT2D eigenvalue weighted by Gasteiger charge is 2.52. The Hall–Kier alpha value is -5.06. The van der Waals surface area contributed by atoms with Crippen molar-refractivity contribution in [1.29, 1.82) is 0 Å². The van der Waals surface area contributed by atoms with Crippen LogP contribution in [0, 0.1) is 11.6 Å². The normalized spacial score (nSPS) is 15.1. The number of nitrogens with zero attached hydrogens (tertiary/aromatic N) is 4. The molecule has 0 atom stereocenters. The van der Waals surface area contributed by atoms with Gasteiger partial charge in [0.2, 0.25) is 0 Å². The number of carbonyl (C=O) groups excluding carboxylic acids is 2. The van der Waals surface area contributed by atoms with Crippen molar-refractivity contribution >= 4 is 28.7 Å². The molecule has 0 spiro atoms. The van der Waals surface area contributed by atoms with Crippen molar-refractivity contribution in [2.24, 2.45) is 0 Å². The van der Waals surface area contributed by atoms with Crippen molar-refractivity contribution in [2.75, 3.05) is 4.90 Å². The molecule has 11 heteroatoms. The molecule has 1 aliphatic heterocycles. The Kier molecular flexibility index (Phi) is 6.98. The first-order valence-electron chi connectivity index (χ1n) is 13.7. The average Bonchev–Trinajstić information content (AvgIpc) is 3.47. The Morgan fingerprint density at radius 2 is 1.52 bits per heavy atom. The number of imidazole rings is 1. The molecule has 4 aromatic carbocycles. The summed E-state index contributed by atoms with van der Waals surface area (Å²) in [5.41, 5.74) is 1.25. The number of para-hydroxylation sites is 2. The number of fused-ring (bicyclic) bond motifs is 1. The average molecular weight is 605 g/mol. The number of hydrogen-bond acceptors (Lipinski definition) is 3. The van der Waals surface area contributed by atoms with E-state index in [2.05, 4.69) is 4.98 Å².